The first-order valence-electron chi connectivity index (χ1n) is 9.78. The van der Waals surface area contributed by atoms with Gasteiger partial charge in [-0.1, -0.05) is 91.6 Å². The van der Waals surface area contributed by atoms with Crippen LogP contribution in [-0.4, -0.2) is 43.1 Å². The number of hydrogen-bond donors (Lipinski definition) is 2. The van der Waals surface area contributed by atoms with Crippen LogP contribution in [0, 0.1) is 0 Å². The van der Waals surface area contributed by atoms with Crippen molar-refractivity contribution in [3.8, 4) is 0 Å². The zero-order valence-electron chi connectivity index (χ0n) is 18.6. The van der Waals surface area contributed by atoms with Gasteiger partial charge in [-0.15, -0.1) is 0 Å². The minimum Gasteiger partial charge on any atom is -0.428 e. The molecule has 0 aliphatic carbocycles. The summed E-state index contributed by atoms with van der Waals surface area (Å²) in [6.07, 6.45) is 0. The molecule has 0 saturated carbocycles. The predicted octanol–water partition coefficient (Wildman–Crippen LogP) is 2.42. The monoisotopic (exact) mass is 434 g/mol. The van der Waals surface area contributed by atoms with Crippen molar-refractivity contribution in [2.45, 2.75) is 58.9 Å². The van der Waals surface area contributed by atoms with Crippen LogP contribution < -0.4 is 20.7 Å². The zero-order chi connectivity index (χ0) is 21.0. The lowest BCUT2D eigenvalue weighted by Crippen LogP contribution is -2.45. The Hall–Kier alpha value is -0.772. The zero-order valence-corrected chi connectivity index (χ0v) is 22.7. The van der Waals surface area contributed by atoms with Gasteiger partial charge in [0.05, 0.1) is 16.9 Å². The van der Waals surface area contributed by atoms with Crippen LogP contribution in [-0.2, 0) is 0 Å². The van der Waals surface area contributed by atoms with Gasteiger partial charge in [0.25, 0.3) is 0 Å². The van der Waals surface area contributed by atoms with Crippen LogP contribution >= 0.6 is 0 Å². The van der Waals surface area contributed by atoms with Gasteiger partial charge in [0.1, 0.15) is 0 Å². The molecule has 6 heteroatoms. The number of rotatable bonds is 4. The Morgan fingerprint density at radius 2 is 0.852 bits per heavy atom. The first kappa shape index (κ1) is 24.3. The van der Waals surface area contributed by atoms with Gasteiger partial charge in [-0.25, -0.2) is 0 Å². The summed E-state index contributed by atoms with van der Waals surface area (Å²) in [6.45, 7) is 19.5. The Bertz CT molecular complexity index is 671. The molecule has 2 aromatic carbocycles. The Morgan fingerprint density at radius 1 is 0.556 bits per heavy atom. The van der Waals surface area contributed by atoms with Gasteiger partial charge < -0.3 is 9.59 Å². The lowest BCUT2D eigenvalue weighted by molar-refractivity contribution is 0.566. The molecule has 0 saturated heterocycles. The smallest absolute Gasteiger partial charge is 0.213 e. The molecule has 27 heavy (non-hydrogen) atoms. The topological polar surface area (TPSA) is 40.5 Å². The van der Waals surface area contributed by atoms with Gasteiger partial charge in [-0.2, -0.15) is 0 Å². The highest BCUT2D eigenvalue weighted by atomic mass is 28.4. The average molecular weight is 435 g/mol. The summed E-state index contributed by atoms with van der Waals surface area (Å²) in [7, 11) is -6.03. The summed E-state index contributed by atoms with van der Waals surface area (Å²) in [5.41, 5.74) is 0. The fourth-order valence-corrected chi connectivity index (χ4v) is 6.75. The Balaban J connectivity index is 0.000000271. The number of hydrogen-bond acceptors (Lipinski definition) is 2. The van der Waals surface area contributed by atoms with Crippen LogP contribution in [0.5, 0.6) is 0 Å². The third-order valence-electron chi connectivity index (χ3n) is 4.74. The van der Waals surface area contributed by atoms with Crippen molar-refractivity contribution >= 4 is 54.3 Å². The van der Waals surface area contributed by atoms with Crippen LogP contribution in [0.1, 0.15) is 0 Å². The first-order valence-corrected chi connectivity index (χ1v) is 22.1. The normalized spacial score (nSPS) is 12.6. The molecule has 0 heterocycles. The molecule has 150 valence electrons. The number of benzene rings is 2. The molecule has 0 aliphatic heterocycles. The van der Waals surface area contributed by atoms with Crippen molar-refractivity contribution < 1.29 is 9.59 Å². The fraction of sp³-hybridized carbons (Fsp3) is 0.429. The van der Waals surface area contributed by atoms with E-state index >= 15 is 0 Å². The van der Waals surface area contributed by atoms with E-state index < -0.39 is 33.5 Å². The van der Waals surface area contributed by atoms with Crippen LogP contribution in [0.15, 0.2) is 48.5 Å². The maximum Gasteiger partial charge on any atom is 0.213 e. The van der Waals surface area contributed by atoms with Crippen LogP contribution in [0.2, 0.25) is 58.9 Å². The molecule has 0 atom stereocenters. The maximum atomic E-state index is 9.87. The third-order valence-corrected chi connectivity index (χ3v) is 12.0. The molecule has 0 aromatic heterocycles. The van der Waals surface area contributed by atoms with E-state index in [9.17, 15) is 9.59 Å². The Labute approximate surface area is 171 Å². The highest BCUT2D eigenvalue weighted by Gasteiger charge is 2.23. The van der Waals surface area contributed by atoms with E-state index in [1.807, 2.05) is 50.5 Å². The lowest BCUT2D eigenvalue weighted by Gasteiger charge is -2.18. The molecular weight excluding hydrogens is 397 g/mol. The second-order valence-corrected chi connectivity index (χ2v) is 25.2. The summed E-state index contributed by atoms with van der Waals surface area (Å²) < 4.78 is 0. The van der Waals surface area contributed by atoms with Crippen LogP contribution in [0.3, 0.4) is 0 Å². The van der Waals surface area contributed by atoms with E-state index in [1.54, 1.807) is 10.4 Å². The van der Waals surface area contributed by atoms with E-state index in [4.69, 9.17) is 0 Å². The molecule has 0 radical (unpaired) electrons. The molecule has 0 bridgehead atoms. The summed E-state index contributed by atoms with van der Waals surface area (Å²) in [5, 5.41) is 5.19. The maximum absolute atomic E-state index is 9.87. The van der Waals surface area contributed by atoms with Crippen molar-refractivity contribution in [3.63, 3.8) is 0 Å². The molecule has 0 spiro atoms. The van der Waals surface area contributed by atoms with Gasteiger partial charge in [-0.3, -0.25) is 0 Å². The minimum absolute atomic E-state index is 0.588. The molecule has 0 aliphatic rings. The molecule has 0 amide bonds. The highest BCUT2D eigenvalue weighted by Crippen LogP contribution is 2.02. The largest absolute Gasteiger partial charge is 0.428 e. The van der Waals surface area contributed by atoms with E-state index in [2.05, 4.69) is 57.0 Å². The molecule has 2 N–H and O–H groups in total. The second kappa shape index (κ2) is 9.15. The van der Waals surface area contributed by atoms with Crippen LogP contribution in [0.4, 0.5) is 0 Å². The predicted molar refractivity (Wildman–Crippen MR) is 133 cm³/mol. The van der Waals surface area contributed by atoms with Gasteiger partial charge in [-0.05, 0) is 36.6 Å². The molecule has 2 nitrogen and oxygen atoms in total. The summed E-state index contributed by atoms with van der Waals surface area (Å²) in [6, 6.07) is 17.1. The van der Waals surface area contributed by atoms with Gasteiger partial charge in [0.2, 0.25) is 16.6 Å². The standard InChI is InChI=1S/C11H20Si2.C10H18O2Si2/c1-12(2)10-6-8-11(9-7-10)13(3,4)5;1-13(2,11)9-5-7-10(8-6-9)14(3,4)12/h6-9,12H,1-5H3;5-8,11-12H,1-4H3. The fourth-order valence-electron chi connectivity index (χ4n) is 2.65. The van der Waals surface area contributed by atoms with E-state index in [0.717, 1.165) is 10.4 Å². The molecule has 2 rings (SSSR count). The molecular formula is C21H38O2Si4. The first-order chi connectivity index (χ1) is 12.1. The molecule has 0 unspecified atom stereocenters. The second-order valence-electron chi connectivity index (χ2n) is 9.72. The SMILES string of the molecule is C[SiH](C)c1ccc([Si](C)(C)C)cc1.C[Si](C)(O)c1ccc([Si](C)(C)O)cc1. The van der Waals surface area contributed by atoms with Crippen molar-refractivity contribution in [3.05, 3.63) is 48.5 Å². The molecule has 2 aromatic rings. The average Bonchev–Trinajstić information content (AvgIpc) is 2.53. The quantitative estimate of drug-likeness (QED) is 0.726. The van der Waals surface area contributed by atoms with Crippen LogP contribution in [0.25, 0.3) is 0 Å². The Morgan fingerprint density at radius 3 is 1.07 bits per heavy atom. The van der Waals surface area contributed by atoms with Crippen molar-refractivity contribution in [1.29, 1.82) is 0 Å². The summed E-state index contributed by atoms with van der Waals surface area (Å²) in [4.78, 5) is 19.7. The van der Waals surface area contributed by atoms with Gasteiger partial charge >= 0.3 is 0 Å². The molecule has 0 fully saturated rings. The lowest BCUT2D eigenvalue weighted by atomic mass is 10.4. The minimum atomic E-state index is -2.18. The summed E-state index contributed by atoms with van der Waals surface area (Å²) in [5.74, 6) is 0. The third kappa shape index (κ3) is 8.01. The van der Waals surface area contributed by atoms with E-state index in [-0.39, 0.29) is 0 Å². The summed E-state index contributed by atoms with van der Waals surface area (Å²) >= 11 is 0. The van der Waals surface area contributed by atoms with E-state index in [0.29, 0.717) is 0 Å². The van der Waals surface area contributed by atoms with Gasteiger partial charge in [0.15, 0.2) is 0 Å². The highest BCUT2D eigenvalue weighted by molar-refractivity contribution is 6.88. The van der Waals surface area contributed by atoms with Crippen molar-refractivity contribution in [1.82, 2.24) is 0 Å². The van der Waals surface area contributed by atoms with Crippen molar-refractivity contribution in [2.24, 2.45) is 0 Å². The van der Waals surface area contributed by atoms with E-state index in [1.165, 1.54) is 0 Å². The Kier molecular flexibility index (Phi) is 8.22. The van der Waals surface area contributed by atoms with Crippen molar-refractivity contribution in [2.75, 3.05) is 0 Å². The van der Waals surface area contributed by atoms with Gasteiger partial charge in [0, 0.05) is 0 Å².